The van der Waals surface area contributed by atoms with Crippen LogP contribution >= 0.6 is 0 Å². The summed E-state index contributed by atoms with van der Waals surface area (Å²) in [6, 6.07) is 0. The van der Waals surface area contributed by atoms with Crippen LogP contribution in [-0.2, 0) is 9.59 Å². The molecule has 1 N–H and O–H groups in total. The summed E-state index contributed by atoms with van der Waals surface area (Å²) in [7, 11) is 1.51. The lowest BCUT2D eigenvalue weighted by Crippen LogP contribution is -2.37. The fourth-order valence-corrected chi connectivity index (χ4v) is 0.914. The van der Waals surface area contributed by atoms with Gasteiger partial charge in [-0.05, 0) is 5.92 Å². The Balaban J connectivity index is 4.17. The maximum absolute atomic E-state index is 11.5. The minimum absolute atomic E-state index is 0.114. The van der Waals surface area contributed by atoms with Crippen LogP contribution in [0.1, 0.15) is 20.8 Å². The van der Waals surface area contributed by atoms with E-state index in [2.05, 4.69) is 0 Å². The Morgan fingerprint density at radius 1 is 1.31 bits per heavy atom. The highest BCUT2D eigenvalue weighted by Gasteiger charge is 2.21. The maximum Gasteiger partial charge on any atom is 0.323 e. The minimum Gasteiger partial charge on any atom is -0.480 e. The van der Waals surface area contributed by atoms with Gasteiger partial charge in [-0.15, -0.1) is 0 Å². The molecule has 0 aromatic carbocycles. The summed E-state index contributed by atoms with van der Waals surface area (Å²) in [5, 5.41) is 8.46. The van der Waals surface area contributed by atoms with E-state index < -0.39 is 5.97 Å². The third kappa shape index (κ3) is 3.92. The molecule has 1 amide bonds. The van der Waals surface area contributed by atoms with Crippen LogP contribution in [0.25, 0.3) is 0 Å². The number of hydrogen-bond donors (Lipinski definition) is 1. The molecule has 1 atom stereocenters. The molecule has 4 nitrogen and oxygen atoms in total. The number of carbonyl (C=O) groups is 2. The highest BCUT2D eigenvalue weighted by atomic mass is 16.4. The molecule has 0 heterocycles. The molecule has 0 aliphatic rings. The number of amides is 1. The van der Waals surface area contributed by atoms with E-state index >= 15 is 0 Å². The zero-order chi connectivity index (χ0) is 10.6. The maximum atomic E-state index is 11.5. The van der Waals surface area contributed by atoms with Crippen LogP contribution in [0.5, 0.6) is 0 Å². The number of carboxylic acids is 1. The van der Waals surface area contributed by atoms with Gasteiger partial charge in [-0.25, -0.2) is 0 Å². The van der Waals surface area contributed by atoms with Gasteiger partial charge in [-0.1, -0.05) is 20.8 Å². The van der Waals surface area contributed by atoms with Crippen LogP contribution in [0.15, 0.2) is 0 Å². The van der Waals surface area contributed by atoms with Crippen molar-refractivity contribution in [2.75, 3.05) is 13.6 Å². The summed E-state index contributed by atoms with van der Waals surface area (Å²) < 4.78 is 0. The van der Waals surface area contributed by atoms with Gasteiger partial charge in [0.05, 0.1) is 0 Å². The first-order valence-corrected chi connectivity index (χ1v) is 4.33. The van der Waals surface area contributed by atoms with Crippen molar-refractivity contribution in [3.63, 3.8) is 0 Å². The minimum atomic E-state index is -0.980. The summed E-state index contributed by atoms with van der Waals surface area (Å²) in [6.07, 6.45) is 0. The quantitative estimate of drug-likeness (QED) is 0.709. The monoisotopic (exact) mass is 187 g/mol. The first-order valence-electron chi connectivity index (χ1n) is 4.33. The van der Waals surface area contributed by atoms with Crippen molar-refractivity contribution in [2.45, 2.75) is 20.8 Å². The standard InChI is InChI=1S/C9H17NO3/c1-6(2)7(3)9(13)10(4)5-8(11)12/h6-7H,5H2,1-4H3,(H,11,12). The summed E-state index contributed by atoms with van der Waals surface area (Å²) in [4.78, 5) is 23.0. The van der Waals surface area contributed by atoms with E-state index in [-0.39, 0.29) is 24.3 Å². The lowest BCUT2D eigenvalue weighted by molar-refractivity contribution is -0.145. The van der Waals surface area contributed by atoms with Crippen molar-refractivity contribution in [2.24, 2.45) is 11.8 Å². The molecular weight excluding hydrogens is 170 g/mol. The van der Waals surface area contributed by atoms with Crippen LogP contribution in [0.2, 0.25) is 0 Å². The number of likely N-dealkylation sites (N-methyl/N-ethyl adjacent to an activating group) is 1. The van der Waals surface area contributed by atoms with Gasteiger partial charge in [0.1, 0.15) is 6.54 Å². The molecule has 0 aliphatic heterocycles. The molecule has 1 unspecified atom stereocenters. The van der Waals surface area contributed by atoms with E-state index in [0.29, 0.717) is 0 Å². The number of hydrogen-bond acceptors (Lipinski definition) is 2. The van der Waals surface area contributed by atoms with E-state index in [1.807, 2.05) is 20.8 Å². The summed E-state index contributed by atoms with van der Waals surface area (Å²) in [5.74, 6) is -0.975. The van der Waals surface area contributed by atoms with Crippen LogP contribution in [0, 0.1) is 11.8 Å². The highest BCUT2D eigenvalue weighted by Crippen LogP contribution is 2.11. The van der Waals surface area contributed by atoms with Gasteiger partial charge in [-0.2, -0.15) is 0 Å². The van der Waals surface area contributed by atoms with Crippen molar-refractivity contribution in [1.29, 1.82) is 0 Å². The Morgan fingerprint density at radius 3 is 2.08 bits per heavy atom. The van der Waals surface area contributed by atoms with Crippen molar-refractivity contribution in [3.8, 4) is 0 Å². The molecule has 0 aliphatic carbocycles. The molecule has 0 rings (SSSR count). The predicted octanol–water partition coefficient (Wildman–Crippen LogP) is 0.821. The van der Waals surface area contributed by atoms with Gasteiger partial charge in [0.15, 0.2) is 0 Å². The number of aliphatic carboxylic acids is 1. The smallest absolute Gasteiger partial charge is 0.323 e. The number of rotatable bonds is 4. The molecule has 0 saturated heterocycles. The van der Waals surface area contributed by atoms with E-state index in [9.17, 15) is 9.59 Å². The van der Waals surface area contributed by atoms with Crippen molar-refractivity contribution >= 4 is 11.9 Å². The SMILES string of the molecule is CC(C)C(C)C(=O)N(C)CC(=O)O. The van der Waals surface area contributed by atoms with E-state index in [0.717, 1.165) is 0 Å². The fraction of sp³-hybridized carbons (Fsp3) is 0.778. The Kier molecular flexibility index (Phi) is 4.45. The van der Waals surface area contributed by atoms with Crippen molar-refractivity contribution in [1.82, 2.24) is 4.90 Å². The molecule has 0 saturated carbocycles. The zero-order valence-electron chi connectivity index (χ0n) is 8.57. The topological polar surface area (TPSA) is 57.6 Å². The van der Waals surface area contributed by atoms with Gasteiger partial charge in [0, 0.05) is 13.0 Å². The first kappa shape index (κ1) is 11.9. The number of nitrogens with zero attached hydrogens (tertiary/aromatic N) is 1. The molecule has 0 aromatic heterocycles. The Bertz CT molecular complexity index is 201. The normalized spacial score (nSPS) is 12.7. The second kappa shape index (κ2) is 4.84. The lowest BCUT2D eigenvalue weighted by Gasteiger charge is -2.21. The zero-order valence-corrected chi connectivity index (χ0v) is 8.57. The highest BCUT2D eigenvalue weighted by molar-refractivity contribution is 5.82. The summed E-state index contributed by atoms with van der Waals surface area (Å²) in [5.41, 5.74) is 0. The average molecular weight is 187 g/mol. The second-order valence-corrected chi connectivity index (χ2v) is 3.62. The lowest BCUT2D eigenvalue weighted by atomic mass is 9.97. The van der Waals surface area contributed by atoms with Crippen LogP contribution in [0.4, 0.5) is 0 Å². The molecular formula is C9H17NO3. The Hall–Kier alpha value is -1.06. The van der Waals surface area contributed by atoms with Crippen LogP contribution < -0.4 is 0 Å². The number of carboxylic acid groups (broad SMARTS) is 1. The van der Waals surface area contributed by atoms with Crippen molar-refractivity contribution < 1.29 is 14.7 Å². The van der Waals surface area contributed by atoms with E-state index in [4.69, 9.17) is 5.11 Å². The first-order chi connectivity index (χ1) is 5.86. The van der Waals surface area contributed by atoms with Gasteiger partial charge in [0.25, 0.3) is 0 Å². The molecule has 76 valence electrons. The third-order valence-electron chi connectivity index (χ3n) is 2.14. The van der Waals surface area contributed by atoms with Crippen LogP contribution in [-0.4, -0.2) is 35.5 Å². The fourth-order valence-electron chi connectivity index (χ4n) is 0.914. The van der Waals surface area contributed by atoms with Gasteiger partial charge >= 0.3 is 5.97 Å². The average Bonchev–Trinajstić information content (AvgIpc) is 2.00. The van der Waals surface area contributed by atoms with Gasteiger partial charge in [0.2, 0.25) is 5.91 Å². The molecule has 0 fully saturated rings. The van der Waals surface area contributed by atoms with Crippen LogP contribution in [0.3, 0.4) is 0 Å². The largest absolute Gasteiger partial charge is 0.480 e. The molecule has 0 bridgehead atoms. The second-order valence-electron chi connectivity index (χ2n) is 3.62. The van der Waals surface area contributed by atoms with Gasteiger partial charge < -0.3 is 10.0 Å². The number of carbonyl (C=O) groups excluding carboxylic acids is 1. The molecule has 0 spiro atoms. The van der Waals surface area contributed by atoms with E-state index in [1.54, 1.807) is 0 Å². The Morgan fingerprint density at radius 2 is 1.77 bits per heavy atom. The predicted molar refractivity (Wildman–Crippen MR) is 49.3 cm³/mol. The van der Waals surface area contributed by atoms with E-state index in [1.165, 1.54) is 11.9 Å². The summed E-state index contributed by atoms with van der Waals surface area (Å²) in [6.45, 7) is 5.47. The van der Waals surface area contributed by atoms with Crippen molar-refractivity contribution in [3.05, 3.63) is 0 Å². The third-order valence-corrected chi connectivity index (χ3v) is 2.14. The molecule has 0 aromatic rings. The molecule has 0 radical (unpaired) electrons. The molecule has 13 heavy (non-hydrogen) atoms. The Labute approximate surface area is 78.5 Å². The van der Waals surface area contributed by atoms with Gasteiger partial charge in [-0.3, -0.25) is 9.59 Å². The molecule has 4 heteroatoms. The summed E-state index contributed by atoms with van der Waals surface area (Å²) >= 11 is 0.